The predicted octanol–water partition coefficient (Wildman–Crippen LogP) is 5.45. The fourth-order valence-corrected chi connectivity index (χ4v) is 2.79. The molecule has 0 atom stereocenters. The smallest absolute Gasteiger partial charge is 0.259 e. The molecule has 0 spiro atoms. The number of halogens is 2. The zero-order valence-corrected chi connectivity index (χ0v) is 15.2. The number of hydrogen-bond donors (Lipinski definition) is 1. The summed E-state index contributed by atoms with van der Waals surface area (Å²) in [6.07, 6.45) is 0. The molecule has 1 N–H and O–H groups in total. The molecule has 28 heavy (non-hydrogen) atoms. The van der Waals surface area contributed by atoms with Crippen LogP contribution < -0.4 is 5.32 Å². The van der Waals surface area contributed by atoms with Crippen LogP contribution in [-0.2, 0) is 0 Å². The van der Waals surface area contributed by atoms with E-state index in [-0.39, 0.29) is 17.1 Å². The third kappa shape index (κ3) is 3.63. The molecule has 7 heteroatoms. The van der Waals surface area contributed by atoms with Gasteiger partial charge in [0.15, 0.2) is 0 Å². The minimum atomic E-state index is -0.517. The summed E-state index contributed by atoms with van der Waals surface area (Å²) >= 11 is 5.90. The van der Waals surface area contributed by atoms with Crippen LogP contribution in [0.15, 0.2) is 77.3 Å². The average molecular weight is 394 g/mol. The first kappa shape index (κ1) is 17.9. The van der Waals surface area contributed by atoms with Crippen molar-refractivity contribution in [2.75, 3.05) is 5.32 Å². The van der Waals surface area contributed by atoms with Gasteiger partial charge in [-0.3, -0.25) is 4.79 Å². The molecule has 4 aromatic rings. The third-order valence-corrected chi connectivity index (χ3v) is 4.30. The number of nitrogens with one attached hydrogen (secondary N) is 1. The van der Waals surface area contributed by atoms with Crippen LogP contribution in [0.2, 0.25) is 5.02 Å². The summed E-state index contributed by atoms with van der Waals surface area (Å²) in [7, 11) is 0. The van der Waals surface area contributed by atoms with Crippen molar-refractivity contribution in [2.24, 2.45) is 0 Å². The molecule has 1 aromatic heterocycles. The normalized spacial score (nSPS) is 10.6. The molecule has 0 saturated carbocycles. The SMILES string of the molecule is O=C(Nc1ccccc1F)c1ccccc1-c1nc(-c2ccc(Cl)cc2)no1. The van der Waals surface area contributed by atoms with E-state index in [2.05, 4.69) is 15.5 Å². The van der Waals surface area contributed by atoms with Crippen molar-refractivity contribution in [2.45, 2.75) is 0 Å². The van der Waals surface area contributed by atoms with E-state index in [4.69, 9.17) is 16.1 Å². The van der Waals surface area contributed by atoms with Crippen LogP contribution in [0.4, 0.5) is 10.1 Å². The number of benzene rings is 3. The lowest BCUT2D eigenvalue weighted by Crippen LogP contribution is -2.14. The van der Waals surface area contributed by atoms with Crippen molar-refractivity contribution in [3.05, 3.63) is 89.2 Å². The molecule has 1 amide bonds. The molecule has 0 aliphatic heterocycles. The molecular weight excluding hydrogens is 381 g/mol. The summed E-state index contributed by atoms with van der Waals surface area (Å²) in [6, 6.07) is 19.7. The van der Waals surface area contributed by atoms with E-state index >= 15 is 0 Å². The maximum absolute atomic E-state index is 13.8. The van der Waals surface area contributed by atoms with Gasteiger partial charge in [-0.15, -0.1) is 0 Å². The van der Waals surface area contributed by atoms with Gasteiger partial charge in [0, 0.05) is 10.6 Å². The van der Waals surface area contributed by atoms with Gasteiger partial charge in [-0.1, -0.05) is 41.0 Å². The van der Waals surface area contributed by atoms with E-state index < -0.39 is 11.7 Å². The van der Waals surface area contributed by atoms with E-state index in [9.17, 15) is 9.18 Å². The molecule has 0 bridgehead atoms. The largest absolute Gasteiger partial charge is 0.334 e. The highest BCUT2D eigenvalue weighted by atomic mass is 35.5. The summed E-state index contributed by atoms with van der Waals surface area (Å²) in [4.78, 5) is 17.1. The Morgan fingerprint density at radius 2 is 1.68 bits per heavy atom. The second kappa shape index (κ2) is 7.62. The Balaban J connectivity index is 1.66. The molecule has 0 saturated heterocycles. The molecule has 5 nitrogen and oxygen atoms in total. The number of amides is 1. The topological polar surface area (TPSA) is 68.0 Å². The highest BCUT2D eigenvalue weighted by molar-refractivity contribution is 6.30. The van der Waals surface area contributed by atoms with E-state index in [1.165, 1.54) is 12.1 Å². The minimum Gasteiger partial charge on any atom is -0.334 e. The van der Waals surface area contributed by atoms with Gasteiger partial charge >= 0.3 is 0 Å². The second-order valence-electron chi connectivity index (χ2n) is 5.91. The van der Waals surface area contributed by atoms with Crippen LogP contribution >= 0.6 is 11.6 Å². The zero-order chi connectivity index (χ0) is 19.5. The van der Waals surface area contributed by atoms with Crippen molar-refractivity contribution in [1.82, 2.24) is 10.1 Å². The molecule has 4 rings (SSSR count). The van der Waals surface area contributed by atoms with E-state index in [0.29, 0.717) is 16.4 Å². The Morgan fingerprint density at radius 3 is 2.46 bits per heavy atom. The van der Waals surface area contributed by atoms with Crippen LogP contribution in [0.5, 0.6) is 0 Å². The van der Waals surface area contributed by atoms with E-state index in [0.717, 1.165) is 5.56 Å². The molecule has 1 heterocycles. The highest BCUT2D eigenvalue weighted by Gasteiger charge is 2.19. The van der Waals surface area contributed by atoms with Crippen molar-refractivity contribution in [3.63, 3.8) is 0 Å². The number of anilines is 1. The summed E-state index contributed by atoms with van der Waals surface area (Å²) in [5, 5.41) is 7.13. The fourth-order valence-electron chi connectivity index (χ4n) is 2.67. The van der Waals surface area contributed by atoms with Gasteiger partial charge in [0.25, 0.3) is 11.8 Å². The molecule has 0 fully saturated rings. The summed E-state index contributed by atoms with van der Waals surface area (Å²) in [6.45, 7) is 0. The van der Waals surface area contributed by atoms with Gasteiger partial charge in [0.1, 0.15) is 5.82 Å². The Morgan fingerprint density at radius 1 is 0.964 bits per heavy atom. The first-order chi connectivity index (χ1) is 13.6. The Bertz CT molecular complexity index is 1140. The third-order valence-electron chi connectivity index (χ3n) is 4.05. The van der Waals surface area contributed by atoms with Crippen molar-refractivity contribution in [1.29, 1.82) is 0 Å². The van der Waals surface area contributed by atoms with E-state index in [1.807, 2.05) is 0 Å². The molecule has 0 unspecified atom stereocenters. The molecule has 3 aromatic carbocycles. The standard InChI is InChI=1S/C21H13ClFN3O2/c22-14-11-9-13(10-12-14)19-25-21(28-26-19)16-6-2-1-5-15(16)20(27)24-18-8-4-3-7-17(18)23/h1-12H,(H,24,27). The van der Waals surface area contributed by atoms with Gasteiger partial charge in [0.2, 0.25) is 5.82 Å². The zero-order valence-electron chi connectivity index (χ0n) is 14.4. The molecular formula is C21H13ClFN3O2. The van der Waals surface area contributed by atoms with Gasteiger partial charge in [0.05, 0.1) is 16.8 Å². The van der Waals surface area contributed by atoms with Crippen LogP contribution in [0.1, 0.15) is 10.4 Å². The van der Waals surface area contributed by atoms with E-state index in [1.54, 1.807) is 60.7 Å². The quantitative estimate of drug-likeness (QED) is 0.500. The Labute approximate surface area is 164 Å². The van der Waals surface area contributed by atoms with Crippen LogP contribution in [-0.4, -0.2) is 16.0 Å². The summed E-state index contributed by atoms with van der Waals surface area (Å²) in [5.74, 6) is -0.441. The maximum atomic E-state index is 13.8. The number of para-hydroxylation sites is 1. The van der Waals surface area contributed by atoms with Gasteiger partial charge in [-0.2, -0.15) is 4.98 Å². The first-order valence-electron chi connectivity index (χ1n) is 8.37. The molecule has 0 aliphatic carbocycles. The molecule has 0 radical (unpaired) electrons. The summed E-state index contributed by atoms with van der Waals surface area (Å²) < 4.78 is 19.2. The number of nitrogens with zero attached hydrogens (tertiary/aromatic N) is 2. The summed E-state index contributed by atoms with van der Waals surface area (Å²) in [5.41, 5.74) is 1.56. The Kier molecular flexibility index (Phi) is 4.87. The first-order valence-corrected chi connectivity index (χ1v) is 8.74. The van der Waals surface area contributed by atoms with Crippen molar-refractivity contribution in [3.8, 4) is 22.8 Å². The van der Waals surface area contributed by atoms with Crippen LogP contribution in [0.25, 0.3) is 22.8 Å². The molecule has 138 valence electrons. The lowest BCUT2D eigenvalue weighted by atomic mass is 10.1. The number of carbonyl (C=O) groups is 1. The van der Waals surface area contributed by atoms with Gasteiger partial charge in [-0.25, -0.2) is 4.39 Å². The number of hydrogen-bond acceptors (Lipinski definition) is 4. The second-order valence-corrected chi connectivity index (χ2v) is 6.35. The van der Waals surface area contributed by atoms with Crippen LogP contribution in [0, 0.1) is 5.82 Å². The maximum Gasteiger partial charge on any atom is 0.259 e. The number of aromatic nitrogens is 2. The average Bonchev–Trinajstić information content (AvgIpc) is 3.20. The predicted molar refractivity (Wildman–Crippen MR) is 105 cm³/mol. The highest BCUT2D eigenvalue weighted by Crippen LogP contribution is 2.26. The van der Waals surface area contributed by atoms with Gasteiger partial charge < -0.3 is 9.84 Å². The fraction of sp³-hybridized carbons (Fsp3) is 0. The monoisotopic (exact) mass is 393 g/mol. The lowest BCUT2D eigenvalue weighted by Gasteiger charge is -2.08. The minimum absolute atomic E-state index is 0.0923. The van der Waals surface area contributed by atoms with Crippen molar-refractivity contribution >= 4 is 23.2 Å². The number of rotatable bonds is 4. The lowest BCUT2D eigenvalue weighted by molar-refractivity contribution is 0.102. The van der Waals surface area contributed by atoms with Gasteiger partial charge in [-0.05, 0) is 48.5 Å². The Hall–Kier alpha value is -3.51. The van der Waals surface area contributed by atoms with Crippen molar-refractivity contribution < 1.29 is 13.7 Å². The number of carbonyl (C=O) groups excluding carboxylic acids is 1. The van der Waals surface area contributed by atoms with Crippen LogP contribution in [0.3, 0.4) is 0 Å². The molecule has 0 aliphatic rings.